The minimum Gasteiger partial charge on any atom is -0.497 e. The highest BCUT2D eigenvalue weighted by atomic mass is 16.5. The van der Waals surface area contributed by atoms with Gasteiger partial charge in [-0.15, -0.1) is 0 Å². The summed E-state index contributed by atoms with van der Waals surface area (Å²) in [6, 6.07) is 17.4. The zero-order valence-electron chi connectivity index (χ0n) is 13.8. The third-order valence-corrected chi connectivity index (χ3v) is 3.73. The maximum Gasteiger partial charge on any atom is 0.311 e. The van der Waals surface area contributed by atoms with Crippen LogP contribution in [-0.2, 0) is 9.53 Å². The molecule has 0 saturated carbocycles. The van der Waals surface area contributed by atoms with Crippen molar-refractivity contribution in [2.24, 2.45) is 5.92 Å². The third kappa shape index (κ3) is 4.49. The molecule has 0 aliphatic heterocycles. The van der Waals surface area contributed by atoms with E-state index in [1.165, 1.54) is 0 Å². The molecule has 4 nitrogen and oxygen atoms in total. The van der Waals surface area contributed by atoms with Crippen molar-refractivity contribution >= 4 is 11.7 Å². The summed E-state index contributed by atoms with van der Waals surface area (Å²) in [6.07, 6.45) is 0. The Morgan fingerprint density at radius 2 is 1.74 bits per heavy atom. The summed E-state index contributed by atoms with van der Waals surface area (Å²) in [5.74, 6) is 0.284. The van der Waals surface area contributed by atoms with Crippen LogP contribution in [0.5, 0.6) is 5.75 Å². The van der Waals surface area contributed by atoms with Crippen molar-refractivity contribution in [2.45, 2.75) is 19.9 Å². The molecule has 0 unspecified atom stereocenters. The lowest BCUT2D eigenvalue weighted by Crippen LogP contribution is -2.27. The topological polar surface area (TPSA) is 47.6 Å². The molecule has 4 heteroatoms. The number of carbonyl (C=O) groups excluding carboxylic acids is 1. The number of rotatable bonds is 7. The van der Waals surface area contributed by atoms with Gasteiger partial charge in [-0.1, -0.05) is 30.3 Å². The Balaban J connectivity index is 2.24. The third-order valence-electron chi connectivity index (χ3n) is 3.73. The first kappa shape index (κ1) is 16.9. The van der Waals surface area contributed by atoms with Gasteiger partial charge in [0.25, 0.3) is 0 Å². The predicted octanol–water partition coefficient (Wildman–Crippen LogP) is 4.05. The molecule has 2 rings (SSSR count). The van der Waals surface area contributed by atoms with Gasteiger partial charge in [0.2, 0.25) is 0 Å². The number of hydrogen-bond acceptors (Lipinski definition) is 4. The first-order chi connectivity index (χ1) is 11.2. The number of carbonyl (C=O) groups is 1. The van der Waals surface area contributed by atoms with E-state index in [2.05, 4.69) is 5.32 Å². The lowest BCUT2D eigenvalue weighted by molar-refractivity contribution is -0.147. The summed E-state index contributed by atoms with van der Waals surface area (Å²) < 4.78 is 10.4. The average molecular weight is 313 g/mol. The normalized spacial score (nSPS) is 13.0. The minimum absolute atomic E-state index is 0.163. The fourth-order valence-electron chi connectivity index (χ4n) is 2.43. The van der Waals surface area contributed by atoms with Gasteiger partial charge in [0.05, 0.1) is 25.7 Å². The summed E-state index contributed by atoms with van der Waals surface area (Å²) in [5.41, 5.74) is 1.97. The summed E-state index contributed by atoms with van der Waals surface area (Å²) in [5, 5.41) is 3.43. The Labute approximate surface area is 137 Å². The molecule has 2 aromatic rings. The van der Waals surface area contributed by atoms with Gasteiger partial charge in [0.1, 0.15) is 5.75 Å². The monoisotopic (exact) mass is 313 g/mol. The van der Waals surface area contributed by atoms with Gasteiger partial charge in [0, 0.05) is 5.69 Å². The van der Waals surface area contributed by atoms with E-state index in [-0.39, 0.29) is 17.9 Å². The molecule has 2 atom stereocenters. The van der Waals surface area contributed by atoms with Gasteiger partial charge >= 0.3 is 5.97 Å². The predicted molar refractivity (Wildman–Crippen MR) is 91.6 cm³/mol. The number of esters is 1. The molecule has 2 aromatic carbocycles. The summed E-state index contributed by atoms with van der Waals surface area (Å²) in [4.78, 5) is 12.2. The molecular weight excluding hydrogens is 290 g/mol. The summed E-state index contributed by atoms with van der Waals surface area (Å²) in [7, 11) is 1.64. The van der Waals surface area contributed by atoms with Crippen molar-refractivity contribution < 1.29 is 14.3 Å². The first-order valence-corrected chi connectivity index (χ1v) is 7.78. The summed E-state index contributed by atoms with van der Waals surface area (Å²) in [6.45, 7) is 4.08. The number of ether oxygens (including phenoxy) is 2. The molecule has 122 valence electrons. The number of nitrogens with one attached hydrogen (secondary N) is 1. The van der Waals surface area contributed by atoms with Crippen LogP contribution < -0.4 is 10.1 Å². The lowest BCUT2D eigenvalue weighted by Gasteiger charge is -2.25. The number of anilines is 1. The maximum absolute atomic E-state index is 12.2. The number of methoxy groups -OCH3 is 1. The van der Waals surface area contributed by atoms with E-state index < -0.39 is 0 Å². The van der Waals surface area contributed by atoms with Crippen molar-refractivity contribution in [3.63, 3.8) is 0 Å². The van der Waals surface area contributed by atoms with Crippen LogP contribution in [0.25, 0.3) is 0 Å². The van der Waals surface area contributed by atoms with E-state index in [9.17, 15) is 4.79 Å². The van der Waals surface area contributed by atoms with Crippen molar-refractivity contribution in [1.29, 1.82) is 0 Å². The molecule has 0 aromatic heterocycles. The molecule has 0 radical (unpaired) electrons. The molecule has 0 aliphatic carbocycles. The van der Waals surface area contributed by atoms with Crippen LogP contribution in [-0.4, -0.2) is 19.7 Å². The van der Waals surface area contributed by atoms with Crippen molar-refractivity contribution in [1.82, 2.24) is 0 Å². The van der Waals surface area contributed by atoms with Crippen molar-refractivity contribution in [3.8, 4) is 5.75 Å². The highest BCUT2D eigenvalue weighted by molar-refractivity contribution is 5.74. The molecule has 0 spiro atoms. The van der Waals surface area contributed by atoms with E-state index in [1.54, 1.807) is 7.11 Å². The van der Waals surface area contributed by atoms with E-state index >= 15 is 0 Å². The number of benzene rings is 2. The Bertz CT molecular complexity index is 610. The van der Waals surface area contributed by atoms with E-state index in [0.29, 0.717) is 6.61 Å². The molecule has 0 fully saturated rings. The maximum atomic E-state index is 12.2. The standard InChI is InChI=1S/C19H23NO3/c1-4-23-19(21)14(2)18(15-8-6-5-7-9-15)20-16-10-12-17(22-3)13-11-16/h5-14,18,20H,4H2,1-3H3/t14-,18+/m0/s1. The van der Waals surface area contributed by atoms with E-state index in [1.807, 2.05) is 68.4 Å². The SMILES string of the molecule is CCOC(=O)[C@@H](C)[C@@H](Nc1ccc(OC)cc1)c1ccccc1. The largest absolute Gasteiger partial charge is 0.497 e. The second-order valence-electron chi connectivity index (χ2n) is 5.30. The Kier molecular flexibility index (Phi) is 6.03. The second-order valence-corrected chi connectivity index (χ2v) is 5.30. The van der Waals surface area contributed by atoms with E-state index in [0.717, 1.165) is 17.0 Å². The van der Waals surface area contributed by atoms with Gasteiger partial charge in [-0.25, -0.2) is 0 Å². The van der Waals surface area contributed by atoms with Gasteiger partial charge < -0.3 is 14.8 Å². The second kappa shape index (κ2) is 8.22. The fraction of sp³-hybridized carbons (Fsp3) is 0.316. The van der Waals surface area contributed by atoms with Crippen LogP contribution in [0.3, 0.4) is 0 Å². The van der Waals surface area contributed by atoms with Crippen LogP contribution in [0.2, 0.25) is 0 Å². The van der Waals surface area contributed by atoms with Crippen LogP contribution in [0.1, 0.15) is 25.5 Å². The Hall–Kier alpha value is -2.49. The van der Waals surface area contributed by atoms with Gasteiger partial charge in [-0.05, 0) is 43.7 Å². The molecule has 1 N–H and O–H groups in total. The van der Waals surface area contributed by atoms with Gasteiger partial charge in [-0.2, -0.15) is 0 Å². The molecule has 0 heterocycles. The molecule has 23 heavy (non-hydrogen) atoms. The average Bonchev–Trinajstić information content (AvgIpc) is 2.60. The zero-order valence-corrected chi connectivity index (χ0v) is 13.8. The van der Waals surface area contributed by atoms with E-state index in [4.69, 9.17) is 9.47 Å². The number of hydrogen-bond donors (Lipinski definition) is 1. The lowest BCUT2D eigenvalue weighted by atomic mass is 9.94. The molecule has 0 amide bonds. The van der Waals surface area contributed by atoms with Crippen molar-refractivity contribution in [2.75, 3.05) is 19.0 Å². The quantitative estimate of drug-likeness (QED) is 0.784. The highest BCUT2D eigenvalue weighted by Crippen LogP contribution is 2.28. The van der Waals surface area contributed by atoms with Crippen LogP contribution in [0.4, 0.5) is 5.69 Å². The van der Waals surface area contributed by atoms with Crippen molar-refractivity contribution in [3.05, 3.63) is 60.2 Å². The summed E-state index contributed by atoms with van der Waals surface area (Å²) >= 11 is 0. The zero-order chi connectivity index (χ0) is 16.7. The highest BCUT2D eigenvalue weighted by Gasteiger charge is 2.26. The minimum atomic E-state index is -0.306. The molecular formula is C19H23NO3. The Morgan fingerprint density at radius 3 is 2.30 bits per heavy atom. The van der Waals surface area contributed by atoms with Gasteiger partial charge in [0.15, 0.2) is 0 Å². The van der Waals surface area contributed by atoms with Crippen LogP contribution >= 0.6 is 0 Å². The van der Waals surface area contributed by atoms with Crippen LogP contribution in [0.15, 0.2) is 54.6 Å². The molecule has 0 bridgehead atoms. The molecule has 0 aliphatic rings. The molecule has 0 saturated heterocycles. The Morgan fingerprint density at radius 1 is 1.09 bits per heavy atom. The van der Waals surface area contributed by atoms with Crippen LogP contribution in [0, 0.1) is 5.92 Å². The smallest absolute Gasteiger partial charge is 0.311 e. The first-order valence-electron chi connectivity index (χ1n) is 7.78. The fourth-order valence-corrected chi connectivity index (χ4v) is 2.43. The van der Waals surface area contributed by atoms with Gasteiger partial charge in [-0.3, -0.25) is 4.79 Å².